The zero-order chi connectivity index (χ0) is 28.2. The van der Waals surface area contributed by atoms with Gasteiger partial charge in [0.15, 0.2) is 6.10 Å². The third-order valence-electron chi connectivity index (χ3n) is 6.23. The Morgan fingerprint density at radius 1 is 1.05 bits per heavy atom. The van der Waals surface area contributed by atoms with Crippen molar-refractivity contribution in [2.24, 2.45) is 0 Å². The van der Waals surface area contributed by atoms with Gasteiger partial charge in [-0.25, -0.2) is 0 Å². The number of ether oxygens (including phenoxy) is 1. The second-order valence-corrected chi connectivity index (χ2v) is 10.7. The molecule has 0 saturated heterocycles. The lowest BCUT2D eigenvalue weighted by atomic mass is 9.87. The maximum absolute atomic E-state index is 13.8. The van der Waals surface area contributed by atoms with E-state index in [0.717, 1.165) is 22.4 Å². The summed E-state index contributed by atoms with van der Waals surface area (Å²) in [5, 5.41) is 16.3. The van der Waals surface area contributed by atoms with Crippen molar-refractivity contribution in [3.8, 4) is 5.75 Å². The van der Waals surface area contributed by atoms with Gasteiger partial charge in [0, 0.05) is 16.3 Å². The number of benzene rings is 3. The minimum Gasteiger partial charge on any atom is -0.481 e. The molecule has 0 bridgehead atoms. The van der Waals surface area contributed by atoms with Crippen molar-refractivity contribution < 1.29 is 14.3 Å². The Labute approximate surface area is 232 Å². The van der Waals surface area contributed by atoms with Crippen LogP contribution in [0.5, 0.6) is 5.75 Å². The van der Waals surface area contributed by atoms with Gasteiger partial charge in [0.05, 0.1) is 6.54 Å². The van der Waals surface area contributed by atoms with Crippen molar-refractivity contribution in [3.63, 3.8) is 0 Å². The third-order valence-corrected chi connectivity index (χ3v) is 6.46. The minimum absolute atomic E-state index is 0.0201. The van der Waals surface area contributed by atoms with Gasteiger partial charge in [0.2, 0.25) is 0 Å². The molecular weight excluding hydrogens is 516 g/mol. The second kappa shape index (κ2) is 11.7. The molecule has 39 heavy (non-hydrogen) atoms. The summed E-state index contributed by atoms with van der Waals surface area (Å²) in [6.45, 7) is 10.3. The molecule has 4 rings (SSSR count). The number of halogens is 1. The van der Waals surface area contributed by atoms with Gasteiger partial charge in [-0.2, -0.15) is 5.21 Å². The highest BCUT2D eigenvalue weighted by Gasteiger charge is 2.25. The number of H-pyrrole nitrogens is 1. The summed E-state index contributed by atoms with van der Waals surface area (Å²) in [6, 6.07) is 20.3. The zero-order valence-corrected chi connectivity index (χ0v) is 23.3. The van der Waals surface area contributed by atoms with E-state index in [1.54, 1.807) is 42.2 Å². The lowest BCUT2D eigenvalue weighted by Gasteiger charge is -2.28. The van der Waals surface area contributed by atoms with Crippen LogP contribution in [-0.4, -0.2) is 38.5 Å². The molecule has 1 heterocycles. The molecule has 202 valence electrons. The first-order valence-corrected chi connectivity index (χ1v) is 12.9. The number of amides is 2. The summed E-state index contributed by atoms with van der Waals surface area (Å²) < 4.78 is 6.06. The molecule has 0 aliphatic heterocycles. The van der Waals surface area contributed by atoms with Crippen LogP contribution in [0.2, 0.25) is 5.02 Å². The number of hydrogen-bond acceptors (Lipinski definition) is 6. The number of carbonyl (C=O) groups is 2. The van der Waals surface area contributed by atoms with Crippen LogP contribution >= 0.6 is 11.6 Å². The average Bonchev–Trinajstić information content (AvgIpc) is 3.41. The summed E-state index contributed by atoms with van der Waals surface area (Å²) >= 11 is 6.08. The van der Waals surface area contributed by atoms with Gasteiger partial charge in [-0.1, -0.05) is 61.7 Å². The number of carbonyl (C=O) groups excluding carboxylic acids is 2. The fourth-order valence-corrected chi connectivity index (χ4v) is 4.20. The highest BCUT2D eigenvalue weighted by atomic mass is 35.5. The molecule has 0 aliphatic rings. The number of aryl methyl sites for hydroxylation is 1. The van der Waals surface area contributed by atoms with E-state index in [4.69, 9.17) is 16.3 Å². The summed E-state index contributed by atoms with van der Waals surface area (Å²) in [6.07, 6.45) is -0.757. The van der Waals surface area contributed by atoms with E-state index < -0.39 is 6.10 Å². The average molecular weight is 547 g/mol. The van der Waals surface area contributed by atoms with E-state index in [2.05, 4.69) is 46.7 Å². The molecule has 2 amide bonds. The topological polar surface area (TPSA) is 113 Å². The lowest BCUT2D eigenvalue weighted by Crippen LogP contribution is -2.40. The maximum Gasteiger partial charge on any atom is 0.270 e. The van der Waals surface area contributed by atoms with Crippen LogP contribution in [0, 0.1) is 6.92 Å². The molecule has 4 aromatic rings. The van der Waals surface area contributed by atoms with Crippen molar-refractivity contribution in [2.45, 2.75) is 52.7 Å². The number of nitrogens with one attached hydrogen (secondary N) is 2. The van der Waals surface area contributed by atoms with Crippen molar-refractivity contribution in [2.75, 3.05) is 10.2 Å². The number of rotatable bonds is 8. The molecule has 3 aromatic carbocycles. The van der Waals surface area contributed by atoms with Crippen molar-refractivity contribution >= 4 is 35.1 Å². The Kier molecular flexibility index (Phi) is 8.30. The van der Waals surface area contributed by atoms with Gasteiger partial charge in [-0.15, -0.1) is 5.10 Å². The van der Waals surface area contributed by atoms with Gasteiger partial charge >= 0.3 is 0 Å². The third kappa shape index (κ3) is 7.00. The minimum atomic E-state index is -0.757. The summed E-state index contributed by atoms with van der Waals surface area (Å²) in [4.78, 5) is 27.9. The SMILES string of the molecule is Cc1cc(Cl)ccc1OC(C)C(=O)N(Cc1ccc(C(=O)Nc2nn[nH]n2)cc1)c1ccc(C(C)(C)C)cc1. The number of aromatic amines is 1. The quantitative estimate of drug-likeness (QED) is 0.292. The van der Waals surface area contributed by atoms with Crippen LogP contribution in [-0.2, 0) is 16.8 Å². The number of hydrogen-bond donors (Lipinski definition) is 2. The summed E-state index contributed by atoms with van der Waals surface area (Å²) in [7, 11) is 0. The van der Waals surface area contributed by atoms with Crippen LogP contribution in [0.3, 0.4) is 0 Å². The normalized spacial score (nSPS) is 12.1. The Balaban J connectivity index is 1.57. The van der Waals surface area contributed by atoms with Gasteiger partial charge in [0.1, 0.15) is 5.75 Å². The predicted octanol–water partition coefficient (Wildman–Crippen LogP) is 5.71. The zero-order valence-electron chi connectivity index (χ0n) is 22.5. The fraction of sp³-hybridized carbons (Fsp3) is 0.276. The van der Waals surface area contributed by atoms with Gasteiger partial charge in [-0.3, -0.25) is 14.9 Å². The molecule has 0 spiro atoms. The fourth-order valence-electron chi connectivity index (χ4n) is 3.98. The molecule has 1 unspecified atom stereocenters. The molecule has 1 aromatic heterocycles. The Morgan fingerprint density at radius 2 is 1.74 bits per heavy atom. The molecule has 2 N–H and O–H groups in total. The number of tetrazole rings is 1. The standard InChI is InChI=1S/C29H31ClN6O3/c1-18-16-23(30)12-15-25(18)39-19(2)27(38)36(24-13-10-22(11-14-24)29(3,4)5)17-20-6-8-21(9-7-20)26(37)31-28-32-34-35-33-28/h6-16,19H,17H2,1-5H3,(H2,31,32,33,34,35,37). The van der Waals surface area contributed by atoms with Crippen LogP contribution in [0.1, 0.15) is 54.7 Å². The highest BCUT2D eigenvalue weighted by Crippen LogP contribution is 2.28. The lowest BCUT2D eigenvalue weighted by molar-refractivity contribution is -0.124. The molecule has 9 nitrogen and oxygen atoms in total. The van der Waals surface area contributed by atoms with Crippen molar-refractivity contribution in [3.05, 3.63) is 94.0 Å². The van der Waals surface area contributed by atoms with Crippen LogP contribution in [0.15, 0.2) is 66.7 Å². The molecule has 1 atom stereocenters. The van der Waals surface area contributed by atoms with Gasteiger partial charge in [-0.05, 0) is 83.6 Å². The van der Waals surface area contributed by atoms with E-state index in [9.17, 15) is 9.59 Å². The van der Waals surface area contributed by atoms with Crippen LogP contribution in [0.4, 0.5) is 11.6 Å². The van der Waals surface area contributed by atoms with Gasteiger partial charge in [0.25, 0.3) is 17.8 Å². The van der Waals surface area contributed by atoms with Gasteiger partial charge < -0.3 is 9.64 Å². The van der Waals surface area contributed by atoms with Crippen LogP contribution < -0.4 is 15.0 Å². The van der Waals surface area contributed by atoms with Crippen molar-refractivity contribution in [1.29, 1.82) is 0 Å². The Bertz CT molecular complexity index is 1430. The molecular formula is C29H31ClN6O3. The highest BCUT2D eigenvalue weighted by molar-refractivity contribution is 6.30. The smallest absolute Gasteiger partial charge is 0.270 e. The molecule has 0 fully saturated rings. The van der Waals surface area contributed by atoms with E-state index in [0.29, 0.717) is 16.3 Å². The second-order valence-electron chi connectivity index (χ2n) is 10.3. The number of anilines is 2. The monoisotopic (exact) mass is 546 g/mol. The number of nitrogens with zero attached hydrogens (tertiary/aromatic N) is 4. The number of aromatic nitrogens is 4. The first kappa shape index (κ1) is 27.8. The summed E-state index contributed by atoms with van der Waals surface area (Å²) in [5.74, 6) is 0.116. The maximum atomic E-state index is 13.8. The summed E-state index contributed by atoms with van der Waals surface area (Å²) in [5.41, 5.74) is 4.00. The van der Waals surface area contributed by atoms with Crippen LogP contribution in [0.25, 0.3) is 0 Å². The Morgan fingerprint density at radius 3 is 2.33 bits per heavy atom. The van der Waals surface area contributed by atoms with E-state index in [1.807, 2.05) is 43.3 Å². The first-order valence-electron chi connectivity index (χ1n) is 12.5. The van der Waals surface area contributed by atoms with E-state index in [-0.39, 0.29) is 29.7 Å². The molecule has 10 heteroatoms. The molecule has 0 radical (unpaired) electrons. The largest absolute Gasteiger partial charge is 0.481 e. The Hall–Kier alpha value is -4.24. The molecule has 0 saturated carbocycles. The predicted molar refractivity (Wildman–Crippen MR) is 151 cm³/mol. The van der Waals surface area contributed by atoms with Crippen molar-refractivity contribution in [1.82, 2.24) is 20.6 Å². The molecule has 0 aliphatic carbocycles. The first-order chi connectivity index (χ1) is 18.5. The van der Waals surface area contributed by atoms with E-state index in [1.165, 1.54) is 0 Å². The van der Waals surface area contributed by atoms with E-state index >= 15 is 0 Å².